The van der Waals surface area contributed by atoms with Crippen LogP contribution in [0.2, 0.25) is 0 Å². The maximum Gasteiger partial charge on any atom is 0.253 e. The van der Waals surface area contributed by atoms with Gasteiger partial charge in [-0.1, -0.05) is 93.2 Å². The second kappa shape index (κ2) is 9.49. The Morgan fingerprint density at radius 3 is 2.38 bits per heavy atom. The maximum absolute atomic E-state index is 12.9. The van der Waals surface area contributed by atoms with Crippen LogP contribution in [0.15, 0.2) is 71.2 Å². The fourth-order valence-electron chi connectivity index (χ4n) is 2.70. The van der Waals surface area contributed by atoms with Crippen molar-refractivity contribution in [1.82, 2.24) is 10.6 Å². The molecule has 0 spiro atoms. The number of benzene rings is 3. The summed E-state index contributed by atoms with van der Waals surface area (Å²) < 4.78 is -0.962. The summed E-state index contributed by atoms with van der Waals surface area (Å²) in [5, 5.41) is 10.5. The molecule has 0 unspecified atom stereocenters. The number of carbonyl (C=O) groups excluding carboxylic acids is 1. The zero-order valence-electron chi connectivity index (χ0n) is 14.8. The van der Waals surface area contributed by atoms with Gasteiger partial charge in [-0.2, -0.15) is 0 Å². The summed E-state index contributed by atoms with van der Waals surface area (Å²) >= 11 is 26.9. The van der Waals surface area contributed by atoms with Crippen molar-refractivity contribution in [2.75, 3.05) is 5.32 Å². The molecule has 0 saturated carbocycles. The minimum atomic E-state index is -1.84. The number of fused-ring (bicyclic) bond motifs is 1. The van der Waals surface area contributed by atoms with Crippen molar-refractivity contribution >= 4 is 90.4 Å². The Morgan fingerprint density at radius 2 is 1.66 bits per heavy atom. The Labute approximate surface area is 197 Å². The molecule has 0 aliphatic rings. The first-order valence-electron chi connectivity index (χ1n) is 8.42. The van der Waals surface area contributed by atoms with E-state index in [1.165, 1.54) is 0 Å². The van der Waals surface area contributed by atoms with E-state index in [1.54, 1.807) is 12.1 Å². The molecule has 0 bridgehead atoms. The first kappa shape index (κ1) is 22.1. The SMILES string of the molecule is O=C(N[C@@H](NC(=S)Nc1cccc(Br)c1)C(Cl)(Cl)Cl)c1cccc2ccccc12. The van der Waals surface area contributed by atoms with Crippen LogP contribution in [0, 0.1) is 0 Å². The molecule has 0 aliphatic heterocycles. The van der Waals surface area contributed by atoms with Gasteiger partial charge in [0.2, 0.25) is 3.79 Å². The lowest BCUT2D eigenvalue weighted by molar-refractivity contribution is 0.0936. The van der Waals surface area contributed by atoms with E-state index >= 15 is 0 Å². The van der Waals surface area contributed by atoms with E-state index in [0.29, 0.717) is 5.56 Å². The van der Waals surface area contributed by atoms with Gasteiger partial charge in [-0.25, -0.2) is 0 Å². The number of hydrogen-bond donors (Lipinski definition) is 3. The molecule has 0 saturated heterocycles. The van der Waals surface area contributed by atoms with E-state index < -0.39 is 15.9 Å². The number of amides is 1. The summed E-state index contributed by atoms with van der Waals surface area (Å²) in [5.74, 6) is -0.393. The highest BCUT2D eigenvalue weighted by molar-refractivity contribution is 9.10. The first-order valence-corrected chi connectivity index (χ1v) is 10.8. The number of thiocarbonyl (C=S) groups is 1. The molecule has 0 heterocycles. The average Bonchev–Trinajstić information content (AvgIpc) is 2.66. The topological polar surface area (TPSA) is 53.2 Å². The molecule has 4 nitrogen and oxygen atoms in total. The highest BCUT2D eigenvalue weighted by Crippen LogP contribution is 2.30. The minimum Gasteiger partial charge on any atom is -0.339 e. The van der Waals surface area contributed by atoms with Gasteiger partial charge in [0.1, 0.15) is 6.17 Å². The van der Waals surface area contributed by atoms with Crippen LogP contribution in [0.25, 0.3) is 10.8 Å². The third-order valence-corrected chi connectivity index (χ3v) is 5.36. The highest BCUT2D eigenvalue weighted by atomic mass is 79.9. The second-order valence-corrected chi connectivity index (χ2v) is 9.78. The van der Waals surface area contributed by atoms with Gasteiger partial charge in [0.05, 0.1) is 0 Å². The lowest BCUT2D eigenvalue weighted by atomic mass is 10.0. The monoisotopic (exact) mass is 529 g/mol. The summed E-state index contributed by atoms with van der Waals surface area (Å²) in [5.41, 5.74) is 1.20. The van der Waals surface area contributed by atoms with Crippen molar-refractivity contribution in [3.05, 3.63) is 76.8 Å². The Bertz CT molecular complexity index is 1050. The standard InChI is InChI=1S/C20H15BrCl3N3OS/c21-13-7-4-8-14(11-13)25-19(29)27-18(20(22,23)24)26-17(28)16-10-3-6-12-5-1-2-9-15(12)16/h1-11,18H,(H,26,28)(H2,25,27,29)/t18-/m0/s1. The fourth-order valence-corrected chi connectivity index (χ4v) is 3.66. The molecule has 150 valence electrons. The highest BCUT2D eigenvalue weighted by Gasteiger charge is 2.35. The van der Waals surface area contributed by atoms with Crippen LogP contribution in [0.3, 0.4) is 0 Å². The Morgan fingerprint density at radius 1 is 0.966 bits per heavy atom. The number of halogens is 4. The quantitative estimate of drug-likeness (QED) is 0.219. The van der Waals surface area contributed by atoms with Crippen LogP contribution in [-0.2, 0) is 0 Å². The van der Waals surface area contributed by atoms with Crippen LogP contribution >= 0.6 is 63.0 Å². The third kappa shape index (κ3) is 5.96. The molecule has 1 amide bonds. The molecular weight excluding hydrogens is 517 g/mol. The van der Waals surface area contributed by atoms with Crippen molar-refractivity contribution in [2.24, 2.45) is 0 Å². The van der Waals surface area contributed by atoms with E-state index in [1.807, 2.05) is 54.6 Å². The minimum absolute atomic E-state index is 0.192. The Hall–Kier alpha value is -1.57. The van der Waals surface area contributed by atoms with Crippen molar-refractivity contribution < 1.29 is 4.79 Å². The van der Waals surface area contributed by atoms with Crippen molar-refractivity contribution in [3.8, 4) is 0 Å². The zero-order valence-corrected chi connectivity index (χ0v) is 19.4. The van der Waals surface area contributed by atoms with Crippen LogP contribution in [0.4, 0.5) is 5.69 Å². The third-order valence-electron chi connectivity index (χ3n) is 3.99. The van der Waals surface area contributed by atoms with Gasteiger partial charge in [0.15, 0.2) is 5.11 Å². The molecular formula is C20H15BrCl3N3OS. The van der Waals surface area contributed by atoms with E-state index in [2.05, 4.69) is 31.9 Å². The van der Waals surface area contributed by atoms with Crippen LogP contribution in [0.5, 0.6) is 0 Å². The van der Waals surface area contributed by atoms with Gasteiger partial charge in [-0.15, -0.1) is 0 Å². The normalized spacial score (nSPS) is 12.3. The molecule has 1 atom stereocenters. The molecule has 9 heteroatoms. The van der Waals surface area contributed by atoms with E-state index in [9.17, 15) is 4.79 Å². The van der Waals surface area contributed by atoms with Gasteiger partial charge in [-0.05, 0) is 47.3 Å². The molecule has 3 aromatic carbocycles. The van der Waals surface area contributed by atoms with E-state index in [0.717, 1.165) is 20.9 Å². The molecule has 0 aromatic heterocycles. The molecule has 3 N–H and O–H groups in total. The van der Waals surface area contributed by atoms with Gasteiger partial charge in [0.25, 0.3) is 5.91 Å². The summed E-state index contributed by atoms with van der Waals surface area (Å²) in [6.07, 6.45) is -1.06. The maximum atomic E-state index is 12.9. The van der Waals surface area contributed by atoms with E-state index in [4.69, 9.17) is 47.0 Å². The number of rotatable bonds is 4. The predicted octanol–water partition coefficient (Wildman–Crippen LogP) is 6.02. The van der Waals surface area contributed by atoms with Gasteiger partial charge >= 0.3 is 0 Å². The van der Waals surface area contributed by atoms with Crippen molar-refractivity contribution in [3.63, 3.8) is 0 Å². The van der Waals surface area contributed by atoms with Crippen LogP contribution in [0.1, 0.15) is 10.4 Å². The molecule has 3 rings (SSSR count). The first-order chi connectivity index (χ1) is 13.7. The summed E-state index contributed by atoms with van der Waals surface area (Å²) in [4.78, 5) is 12.9. The van der Waals surface area contributed by atoms with Gasteiger partial charge < -0.3 is 16.0 Å². The largest absolute Gasteiger partial charge is 0.339 e. The average molecular weight is 532 g/mol. The van der Waals surface area contributed by atoms with Crippen molar-refractivity contribution in [1.29, 1.82) is 0 Å². The number of alkyl halides is 3. The number of carbonyl (C=O) groups is 1. The fraction of sp³-hybridized carbons (Fsp3) is 0.100. The number of nitrogens with one attached hydrogen (secondary N) is 3. The molecule has 0 aliphatic carbocycles. The van der Waals surface area contributed by atoms with E-state index in [-0.39, 0.29) is 5.11 Å². The van der Waals surface area contributed by atoms with Crippen LogP contribution in [-0.4, -0.2) is 21.0 Å². The lowest BCUT2D eigenvalue weighted by Crippen LogP contribution is -2.56. The number of hydrogen-bond acceptors (Lipinski definition) is 2. The summed E-state index contributed by atoms with van der Waals surface area (Å²) in [6, 6.07) is 20.4. The smallest absolute Gasteiger partial charge is 0.253 e. The zero-order chi connectivity index (χ0) is 21.0. The molecule has 0 radical (unpaired) electrons. The molecule has 29 heavy (non-hydrogen) atoms. The summed E-state index contributed by atoms with van der Waals surface area (Å²) in [6.45, 7) is 0. The predicted molar refractivity (Wildman–Crippen MR) is 129 cm³/mol. The lowest BCUT2D eigenvalue weighted by Gasteiger charge is -2.28. The Balaban J connectivity index is 1.77. The van der Waals surface area contributed by atoms with Gasteiger partial charge in [-0.3, -0.25) is 4.79 Å². The van der Waals surface area contributed by atoms with Crippen LogP contribution < -0.4 is 16.0 Å². The molecule has 3 aromatic rings. The molecule has 0 fully saturated rings. The second-order valence-electron chi connectivity index (χ2n) is 6.08. The summed E-state index contributed by atoms with van der Waals surface area (Å²) in [7, 11) is 0. The Kier molecular flexibility index (Phi) is 7.24. The van der Waals surface area contributed by atoms with Crippen molar-refractivity contribution in [2.45, 2.75) is 9.96 Å². The van der Waals surface area contributed by atoms with Gasteiger partial charge in [0, 0.05) is 15.7 Å². The number of anilines is 1.